The fraction of sp³-hybridized carbons (Fsp3) is 0.357. The van der Waals surface area contributed by atoms with E-state index in [0.29, 0.717) is 5.82 Å². The van der Waals surface area contributed by atoms with Gasteiger partial charge in [0.15, 0.2) is 0 Å². The predicted molar refractivity (Wildman–Crippen MR) is 71.4 cm³/mol. The van der Waals surface area contributed by atoms with Gasteiger partial charge in [0.1, 0.15) is 12.1 Å². The van der Waals surface area contributed by atoms with E-state index in [1.807, 2.05) is 38.1 Å². The molecule has 0 amide bonds. The predicted octanol–water partition coefficient (Wildman–Crippen LogP) is 1.21. The highest BCUT2D eigenvalue weighted by Crippen LogP contribution is 2.21. The zero-order valence-corrected chi connectivity index (χ0v) is 11.0. The third-order valence-corrected chi connectivity index (χ3v) is 3.30. The molecule has 100 valence electrons. The number of para-hydroxylation sites is 1. The summed E-state index contributed by atoms with van der Waals surface area (Å²) in [6.45, 7) is 3.82. The van der Waals surface area contributed by atoms with Crippen molar-refractivity contribution in [2.75, 3.05) is 5.32 Å². The Morgan fingerprint density at radius 3 is 2.79 bits per heavy atom. The van der Waals surface area contributed by atoms with Crippen LogP contribution in [0.5, 0.6) is 0 Å². The second-order valence-electron chi connectivity index (χ2n) is 4.57. The minimum absolute atomic E-state index is 0.0428. The van der Waals surface area contributed by atoms with Gasteiger partial charge >= 0.3 is 0 Å². The van der Waals surface area contributed by atoms with Crippen LogP contribution >= 0.6 is 0 Å². The van der Waals surface area contributed by atoms with Crippen LogP contribution < -0.4 is 10.4 Å². The van der Waals surface area contributed by atoms with Crippen LogP contribution in [-0.2, 0) is 4.79 Å². The molecule has 5 heteroatoms. The molecule has 0 aliphatic heterocycles. The van der Waals surface area contributed by atoms with Crippen molar-refractivity contribution in [2.45, 2.75) is 26.3 Å². The Morgan fingerprint density at radius 2 is 2.11 bits per heavy atom. The topological polar surface area (TPSA) is 77.9 Å². The number of carbonyl (C=O) groups excluding carboxylic acids is 1. The summed E-state index contributed by atoms with van der Waals surface area (Å²) in [5.74, 6) is -0.629. The Morgan fingerprint density at radius 1 is 1.37 bits per heavy atom. The molecule has 5 nitrogen and oxygen atoms in total. The Balaban J connectivity index is 2.36. The SMILES string of the molecule is CC[C@@H](C)[C@@H](Nc1ncnc2ccccc12)C(=O)[O-]. The van der Waals surface area contributed by atoms with Gasteiger partial charge in [-0.1, -0.05) is 32.4 Å². The molecule has 0 unspecified atom stereocenters. The van der Waals surface area contributed by atoms with E-state index in [0.717, 1.165) is 17.3 Å². The Kier molecular flexibility index (Phi) is 3.94. The standard InChI is InChI=1S/C14H17N3O2/c1-3-9(2)12(14(18)19)17-13-10-6-4-5-7-11(10)15-8-16-13/h4-9,12H,3H2,1-2H3,(H,18,19)(H,15,16,17)/p-1/t9-,12-/m1/s1. The number of benzene rings is 1. The summed E-state index contributed by atoms with van der Waals surface area (Å²) < 4.78 is 0. The monoisotopic (exact) mass is 258 g/mol. The van der Waals surface area contributed by atoms with Gasteiger partial charge < -0.3 is 15.2 Å². The zero-order valence-electron chi connectivity index (χ0n) is 11.0. The highest BCUT2D eigenvalue weighted by molar-refractivity contribution is 5.90. The van der Waals surface area contributed by atoms with Crippen molar-refractivity contribution in [2.24, 2.45) is 5.92 Å². The number of carbonyl (C=O) groups is 1. The van der Waals surface area contributed by atoms with Gasteiger partial charge in [-0.2, -0.15) is 0 Å². The van der Waals surface area contributed by atoms with Crippen LogP contribution in [0.2, 0.25) is 0 Å². The van der Waals surface area contributed by atoms with Gasteiger partial charge in [-0.3, -0.25) is 0 Å². The number of hydrogen-bond acceptors (Lipinski definition) is 5. The van der Waals surface area contributed by atoms with Crippen molar-refractivity contribution in [1.29, 1.82) is 0 Å². The number of carboxylic acids is 1. The highest BCUT2D eigenvalue weighted by Gasteiger charge is 2.18. The Labute approximate surface area is 111 Å². The van der Waals surface area contributed by atoms with Gasteiger partial charge in [0.25, 0.3) is 0 Å². The van der Waals surface area contributed by atoms with Crippen molar-refractivity contribution >= 4 is 22.7 Å². The Hall–Kier alpha value is -2.17. The quantitative estimate of drug-likeness (QED) is 0.872. The number of carboxylic acid groups (broad SMARTS) is 1. The maximum absolute atomic E-state index is 11.2. The van der Waals surface area contributed by atoms with E-state index >= 15 is 0 Å². The molecule has 0 bridgehead atoms. The van der Waals surface area contributed by atoms with E-state index < -0.39 is 12.0 Å². The summed E-state index contributed by atoms with van der Waals surface area (Å²) in [5, 5.41) is 15.0. The summed E-state index contributed by atoms with van der Waals surface area (Å²) in [6.07, 6.45) is 2.17. The maximum Gasteiger partial charge on any atom is 0.137 e. The third kappa shape index (κ3) is 2.81. The van der Waals surface area contributed by atoms with Crippen LogP contribution in [0.1, 0.15) is 20.3 Å². The lowest BCUT2D eigenvalue weighted by molar-refractivity contribution is -0.307. The first-order valence-electron chi connectivity index (χ1n) is 6.30. The van der Waals surface area contributed by atoms with Crippen molar-refractivity contribution in [3.05, 3.63) is 30.6 Å². The van der Waals surface area contributed by atoms with Gasteiger partial charge in [0.2, 0.25) is 0 Å². The fourth-order valence-electron chi connectivity index (χ4n) is 1.94. The summed E-state index contributed by atoms with van der Waals surface area (Å²) in [7, 11) is 0. The molecule has 1 aromatic heterocycles. The molecular formula is C14H16N3O2-. The first-order chi connectivity index (χ1) is 9.13. The van der Waals surface area contributed by atoms with Gasteiger partial charge in [0, 0.05) is 5.39 Å². The molecule has 2 aromatic rings. The van der Waals surface area contributed by atoms with Crippen LogP contribution in [0.15, 0.2) is 30.6 Å². The summed E-state index contributed by atoms with van der Waals surface area (Å²) in [6, 6.07) is 6.71. The highest BCUT2D eigenvalue weighted by atomic mass is 16.4. The second-order valence-corrected chi connectivity index (χ2v) is 4.57. The number of nitrogens with one attached hydrogen (secondary N) is 1. The first-order valence-corrected chi connectivity index (χ1v) is 6.30. The van der Waals surface area contributed by atoms with Crippen LogP contribution in [-0.4, -0.2) is 22.0 Å². The van der Waals surface area contributed by atoms with E-state index in [-0.39, 0.29) is 5.92 Å². The zero-order chi connectivity index (χ0) is 13.8. The van der Waals surface area contributed by atoms with E-state index in [4.69, 9.17) is 0 Å². The molecule has 0 aliphatic carbocycles. The van der Waals surface area contributed by atoms with Crippen molar-refractivity contribution in [3.8, 4) is 0 Å². The summed E-state index contributed by atoms with van der Waals surface area (Å²) in [4.78, 5) is 19.5. The van der Waals surface area contributed by atoms with Crippen LogP contribution in [0.4, 0.5) is 5.82 Å². The Bertz CT molecular complexity index is 580. The molecular weight excluding hydrogens is 242 g/mol. The number of anilines is 1. The van der Waals surface area contributed by atoms with Gasteiger partial charge in [-0.25, -0.2) is 9.97 Å². The average molecular weight is 258 g/mol. The van der Waals surface area contributed by atoms with Gasteiger partial charge in [-0.15, -0.1) is 0 Å². The molecule has 19 heavy (non-hydrogen) atoms. The average Bonchev–Trinajstić information content (AvgIpc) is 2.43. The smallest absolute Gasteiger partial charge is 0.137 e. The number of fused-ring (bicyclic) bond motifs is 1. The fourth-order valence-corrected chi connectivity index (χ4v) is 1.94. The molecule has 0 saturated carbocycles. The third-order valence-electron chi connectivity index (χ3n) is 3.30. The molecule has 2 rings (SSSR count). The normalized spacial score (nSPS) is 14.0. The largest absolute Gasteiger partial charge is 0.548 e. The number of nitrogens with zero attached hydrogens (tertiary/aromatic N) is 2. The molecule has 0 spiro atoms. The van der Waals surface area contributed by atoms with Crippen molar-refractivity contribution in [3.63, 3.8) is 0 Å². The molecule has 2 atom stereocenters. The second kappa shape index (κ2) is 5.65. The lowest BCUT2D eigenvalue weighted by atomic mass is 9.99. The van der Waals surface area contributed by atoms with E-state index in [9.17, 15) is 9.90 Å². The summed E-state index contributed by atoms with van der Waals surface area (Å²) >= 11 is 0. The minimum atomic E-state index is -1.11. The van der Waals surface area contributed by atoms with Crippen LogP contribution in [0.25, 0.3) is 10.9 Å². The first kappa shape index (κ1) is 13.3. The molecule has 0 radical (unpaired) electrons. The molecule has 1 heterocycles. The molecule has 0 fully saturated rings. The molecule has 1 N–H and O–H groups in total. The lowest BCUT2D eigenvalue weighted by Gasteiger charge is -2.26. The van der Waals surface area contributed by atoms with E-state index in [2.05, 4.69) is 15.3 Å². The van der Waals surface area contributed by atoms with Gasteiger partial charge in [-0.05, 0) is 18.1 Å². The number of rotatable bonds is 5. The van der Waals surface area contributed by atoms with Gasteiger partial charge in [0.05, 0.1) is 17.5 Å². The molecule has 0 saturated heterocycles. The number of aliphatic carboxylic acids is 1. The van der Waals surface area contributed by atoms with Crippen molar-refractivity contribution < 1.29 is 9.90 Å². The number of hydrogen-bond donors (Lipinski definition) is 1. The van der Waals surface area contributed by atoms with E-state index in [1.165, 1.54) is 6.33 Å². The molecule has 1 aromatic carbocycles. The maximum atomic E-state index is 11.2. The minimum Gasteiger partial charge on any atom is -0.548 e. The molecule has 0 aliphatic rings. The van der Waals surface area contributed by atoms with E-state index in [1.54, 1.807) is 0 Å². The number of aromatic nitrogens is 2. The van der Waals surface area contributed by atoms with Crippen LogP contribution in [0, 0.1) is 5.92 Å². The lowest BCUT2D eigenvalue weighted by Crippen LogP contribution is -2.45. The van der Waals surface area contributed by atoms with Crippen molar-refractivity contribution in [1.82, 2.24) is 9.97 Å². The summed E-state index contributed by atoms with van der Waals surface area (Å²) in [5.41, 5.74) is 0.779. The van der Waals surface area contributed by atoms with Crippen LogP contribution in [0.3, 0.4) is 0 Å².